The predicted octanol–water partition coefficient (Wildman–Crippen LogP) is 6.13. The van der Waals surface area contributed by atoms with E-state index in [1.54, 1.807) is 0 Å². The molecule has 1 unspecified atom stereocenters. The van der Waals surface area contributed by atoms with Gasteiger partial charge in [0.15, 0.2) is 0 Å². The van der Waals surface area contributed by atoms with Gasteiger partial charge in [-0.15, -0.1) is 11.6 Å². The number of halogens is 2. The number of benzene rings is 1. The van der Waals surface area contributed by atoms with Gasteiger partial charge in [-0.1, -0.05) is 67.1 Å². The van der Waals surface area contributed by atoms with E-state index in [-0.39, 0.29) is 0 Å². The van der Waals surface area contributed by atoms with Crippen molar-refractivity contribution in [2.24, 2.45) is 0 Å². The summed E-state index contributed by atoms with van der Waals surface area (Å²) in [7, 11) is 0. The van der Waals surface area contributed by atoms with Crippen molar-refractivity contribution in [2.75, 3.05) is 5.88 Å². The molecule has 1 rings (SSSR count). The van der Waals surface area contributed by atoms with Crippen LogP contribution in [0.25, 0.3) is 0 Å². The van der Waals surface area contributed by atoms with Gasteiger partial charge < -0.3 is 0 Å². The van der Waals surface area contributed by atoms with Gasteiger partial charge >= 0.3 is 0 Å². The van der Waals surface area contributed by atoms with Crippen LogP contribution in [-0.2, 0) is 0 Å². The number of rotatable bonds is 8. The summed E-state index contributed by atoms with van der Waals surface area (Å²) < 4.78 is 1.14. The number of hydrogen-bond donors (Lipinski definition) is 0. The Morgan fingerprint density at radius 3 is 2.29 bits per heavy atom. The van der Waals surface area contributed by atoms with E-state index < -0.39 is 0 Å². The first-order chi connectivity index (χ1) is 8.27. The van der Waals surface area contributed by atoms with Crippen molar-refractivity contribution in [3.8, 4) is 0 Å². The number of unbranched alkanes of at least 4 members (excludes halogenated alkanes) is 4. The molecule has 0 radical (unpaired) electrons. The van der Waals surface area contributed by atoms with Gasteiger partial charge in [0.2, 0.25) is 0 Å². The van der Waals surface area contributed by atoms with Crippen LogP contribution in [0.2, 0.25) is 0 Å². The molecule has 0 amide bonds. The summed E-state index contributed by atoms with van der Waals surface area (Å²) >= 11 is 9.53. The van der Waals surface area contributed by atoms with E-state index in [9.17, 15) is 0 Å². The van der Waals surface area contributed by atoms with Gasteiger partial charge in [-0.25, -0.2) is 0 Å². The second-order valence-corrected chi connectivity index (χ2v) is 5.83. The summed E-state index contributed by atoms with van der Waals surface area (Å²) in [6.07, 6.45) is 7.90. The highest BCUT2D eigenvalue weighted by molar-refractivity contribution is 9.10. The molecule has 0 fully saturated rings. The maximum Gasteiger partial charge on any atom is 0.0292 e. The zero-order valence-corrected chi connectivity index (χ0v) is 12.9. The third kappa shape index (κ3) is 5.92. The SMILES string of the molecule is CCCCCCCC(CCl)c1ccc(Br)cc1. The Morgan fingerprint density at radius 2 is 1.71 bits per heavy atom. The second kappa shape index (κ2) is 8.99. The smallest absolute Gasteiger partial charge is 0.0292 e. The molecule has 2 heteroatoms. The van der Waals surface area contributed by atoms with Crippen LogP contribution in [0, 0.1) is 0 Å². The van der Waals surface area contributed by atoms with E-state index >= 15 is 0 Å². The standard InChI is InChI=1S/C15H22BrCl/c1-2-3-4-5-6-7-14(12-17)13-8-10-15(16)11-9-13/h8-11,14H,2-7,12H2,1H3. The van der Waals surface area contributed by atoms with Crippen LogP contribution in [0.5, 0.6) is 0 Å². The third-order valence-corrected chi connectivity index (χ3v) is 4.08. The molecule has 17 heavy (non-hydrogen) atoms. The molecule has 0 bridgehead atoms. The minimum absolute atomic E-state index is 0.520. The third-order valence-electron chi connectivity index (χ3n) is 3.18. The van der Waals surface area contributed by atoms with E-state index in [4.69, 9.17) is 11.6 Å². The average molecular weight is 318 g/mol. The highest BCUT2D eigenvalue weighted by Crippen LogP contribution is 2.25. The molecule has 0 saturated carbocycles. The Morgan fingerprint density at radius 1 is 1.06 bits per heavy atom. The largest absolute Gasteiger partial charge is 0.126 e. The fourth-order valence-electron chi connectivity index (χ4n) is 2.06. The van der Waals surface area contributed by atoms with Crippen molar-refractivity contribution in [1.82, 2.24) is 0 Å². The topological polar surface area (TPSA) is 0 Å². The van der Waals surface area contributed by atoms with Gasteiger partial charge in [0.1, 0.15) is 0 Å². The fraction of sp³-hybridized carbons (Fsp3) is 0.600. The van der Waals surface area contributed by atoms with Crippen LogP contribution in [0.4, 0.5) is 0 Å². The van der Waals surface area contributed by atoms with E-state index in [0.29, 0.717) is 5.92 Å². The Balaban J connectivity index is 2.35. The van der Waals surface area contributed by atoms with Gasteiger partial charge in [-0.3, -0.25) is 0 Å². The summed E-state index contributed by atoms with van der Waals surface area (Å²) in [5.41, 5.74) is 1.37. The lowest BCUT2D eigenvalue weighted by Gasteiger charge is -2.14. The van der Waals surface area contributed by atoms with E-state index in [1.807, 2.05) is 0 Å². The number of hydrogen-bond acceptors (Lipinski definition) is 0. The van der Waals surface area contributed by atoms with Crippen molar-refractivity contribution >= 4 is 27.5 Å². The minimum Gasteiger partial charge on any atom is -0.126 e. The lowest BCUT2D eigenvalue weighted by Crippen LogP contribution is -2.00. The molecule has 0 aromatic heterocycles. The monoisotopic (exact) mass is 316 g/mol. The Hall–Kier alpha value is -0.0100. The molecule has 0 saturated heterocycles. The van der Waals surface area contributed by atoms with Crippen LogP contribution in [0.1, 0.15) is 56.9 Å². The minimum atomic E-state index is 0.520. The summed E-state index contributed by atoms with van der Waals surface area (Å²) in [4.78, 5) is 0. The second-order valence-electron chi connectivity index (χ2n) is 4.61. The first-order valence-electron chi connectivity index (χ1n) is 6.59. The van der Waals surface area contributed by atoms with E-state index in [1.165, 1.54) is 44.1 Å². The Labute approximate surface area is 119 Å². The molecular weight excluding hydrogens is 296 g/mol. The molecule has 0 aliphatic carbocycles. The molecule has 0 aliphatic rings. The molecule has 1 aromatic carbocycles. The first kappa shape index (κ1) is 15.0. The zero-order valence-electron chi connectivity index (χ0n) is 10.6. The van der Waals surface area contributed by atoms with Crippen LogP contribution in [0.3, 0.4) is 0 Å². The van der Waals surface area contributed by atoms with E-state index in [0.717, 1.165) is 10.4 Å². The molecule has 0 aliphatic heterocycles. The lowest BCUT2D eigenvalue weighted by atomic mass is 9.94. The lowest BCUT2D eigenvalue weighted by molar-refractivity contribution is 0.569. The predicted molar refractivity (Wildman–Crippen MR) is 81.0 cm³/mol. The molecule has 0 heterocycles. The molecule has 0 N–H and O–H groups in total. The van der Waals surface area contributed by atoms with Gasteiger partial charge in [0.05, 0.1) is 0 Å². The average Bonchev–Trinajstić information content (AvgIpc) is 2.35. The summed E-state index contributed by atoms with van der Waals surface area (Å²) in [6.45, 7) is 2.25. The van der Waals surface area contributed by atoms with Crippen LogP contribution in [0.15, 0.2) is 28.7 Å². The molecule has 1 atom stereocenters. The Bertz CT molecular complexity index is 294. The van der Waals surface area contributed by atoms with Gasteiger partial charge in [0.25, 0.3) is 0 Å². The van der Waals surface area contributed by atoms with Crippen molar-refractivity contribution in [1.29, 1.82) is 0 Å². The van der Waals surface area contributed by atoms with Crippen molar-refractivity contribution < 1.29 is 0 Å². The first-order valence-corrected chi connectivity index (χ1v) is 7.92. The Kier molecular flexibility index (Phi) is 7.96. The quantitative estimate of drug-likeness (QED) is 0.399. The summed E-state index contributed by atoms with van der Waals surface area (Å²) in [5.74, 6) is 1.25. The fourth-order valence-corrected chi connectivity index (χ4v) is 2.66. The van der Waals surface area contributed by atoms with Crippen LogP contribution < -0.4 is 0 Å². The van der Waals surface area contributed by atoms with Gasteiger partial charge in [-0.2, -0.15) is 0 Å². The molecular formula is C15H22BrCl. The van der Waals surface area contributed by atoms with Crippen molar-refractivity contribution in [3.63, 3.8) is 0 Å². The van der Waals surface area contributed by atoms with E-state index in [2.05, 4.69) is 47.1 Å². The molecule has 0 nitrogen and oxygen atoms in total. The normalized spacial score (nSPS) is 12.6. The summed E-state index contributed by atoms with van der Waals surface area (Å²) in [5, 5.41) is 0. The van der Waals surface area contributed by atoms with Gasteiger partial charge in [-0.05, 0) is 30.0 Å². The van der Waals surface area contributed by atoms with Gasteiger partial charge in [0, 0.05) is 10.4 Å². The summed E-state index contributed by atoms with van der Waals surface area (Å²) in [6, 6.07) is 8.57. The maximum absolute atomic E-state index is 6.07. The molecule has 0 spiro atoms. The maximum atomic E-state index is 6.07. The molecule has 1 aromatic rings. The van der Waals surface area contributed by atoms with Crippen LogP contribution >= 0.6 is 27.5 Å². The van der Waals surface area contributed by atoms with Crippen molar-refractivity contribution in [3.05, 3.63) is 34.3 Å². The zero-order chi connectivity index (χ0) is 12.5. The highest BCUT2D eigenvalue weighted by atomic mass is 79.9. The number of alkyl halides is 1. The van der Waals surface area contributed by atoms with Crippen molar-refractivity contribution in [2.45, 2.75) is 51.4 Å². The van der Waals surface area contributed by atoms with Crippen LogP contribution in [-0.4, -0.2) is 5.88 Å². The highest BCUT2D eigenvalue weighted by Gasteiger charge is 2.09. The molecule has 96 valence electrons.